The zero-order valence-electron chi connectivity index (χ0n) is 17.3. The van der Waals surface area contributed by atoms with Gasteiger partial charge < -0.3 is 19.6 Å². The molecule has 0 bridgehead atoms. The fraction of sp³-hybridized carbons (Fsp3) is 0.524. The second-order valence-corrected chi connectivity index (χ2v) is 7.21. The summed E-state index contributed by atoms with van der Waals surface area (Å²) >= 11 is 0. The molecule has 6 nitrogen and oxygen atoms in total. The first-order valence-corrected chi connectivity index (χ1v) is 10.1. The molecule has 2 aromatic rings. The lowest BCUT2D eigenvalue weighted by Crippen LogP contribution is -2.52. The van der Waals surface area contributed by atoms with E-state index in [4.69, 9.17) is 9.52 Å². The molecule has 1 aliphatic rings. The number of hydrogen-bond donors (Lipinski definition) is 1. The summed E-state index contributed by atoms with van der Waals surface area (Å²) in [6.45, 7) is 10.0. The maximum atomic E-state index is 14.0. The number of anilines is 1. The first-order valence-electron chi connectivity index (χ1n) is 10.1. The smallest absolute Gasteiger partial charge is 0.194 e. The molecule has 1 fully saturated rings. The van der Waals surface area contributed by atoms with Crippen LogP contribution in [0.3, 0.4) is 0 Å². The molecule has 2 heterocycles. The number of benzene rings is 1. The molecule has 29 heavy (non-hydrogen) atoms. The quantitative estimate of drug-likeness (QED) is 0.454. The van der Waals surface area contributed by atoms with E-state index in [0.717, 1.165) is 48.4 Å². The van der Waals surface area contributed by atoms with Gasteiger partial charge in [-0.15, -0.1) is 0 Å². The largest absolute Gasteiger partial charge is 0.366 e. The predicted octanol–water partition coefficient (Wildman–Crippen LogP) is 3.29. The summed E-state index contributed by atoms with van der Waals surface area (Å²) in [5.41, 5.74) is 2.43. The van der Waals surface area contributed by atoms with Crippen LogP contribution in [0.15, 0.2) is 27.7 Å². The van der Waals surface area contributed by atoms with Crippen molar-refractivity contribution in [2.45, 2.75) is 33.6 Å². The summed E-state index contributed by atoms with van der Waals surface area (Å²) in [6.07, 6.45) is 1.79. The van der Waals surface area contributed by atoms with E-state index in [1.54, 1.807) is 0 Å². The monoisotopic (exact) mass is 405 g/mol. The molecule has 0 aliphatic carbocycles. The van der Waals surface area contributed by atoms with E-state index in [-0.39, 0.29) is 5.82 Å². The van der Waals surface area contributed by atoms with E-state index < -0.39 is 5.82 Å². The van der Waals surface area contributed by atoms with Crippen LogP contribution in [0.4, 0.5) is 14.5 Å². The normalized spacial score (nSPS) is 15.1. The highest BCUT2D eigenvalue weighted by molar-refractivity contribution is 5.80. The van der Waals surface area contributed by atoms with Gasteiger partial charge in [0.2, 0.25) is 0 Å². The van der Waals surface area contributed by atoms with Crippen molar-refractivity contribution in [1.82, 2.24) is 15.4 Å². The number of piperazine rings is 1. The number of guanidine groups is 1. The zero-order valence-corrected chi connectivity index (χ0v) is 17.3. The summed E-state index contributed by atoms with van der Waals surface area (Å²) in [5.74, 6) is 0.932. The molecule has 8 heteroatoms. The molecule has 158 valence electrons. The van der Waals surface area contributed by atoms with Crippen molar-refractivity contribution in [3.8, 4) is 0 Å². The van der Waals surface area contributed by atoms with Crippen molar-refractivity contribution >= 4 is 11.6 Å². The molecule has 1 aromatic heterocycles. The van der Waals surface area contributed by atoms with Crippen LogP contribution >= 0.6 is 0 Å². The molecule has 1 N–H and O–H groups in total. The van der Waals surface area contributed by atoms with Crippen LogP contribution in [-0.2, 0) is 6.42 Å². The van der Waals surface area contributed by atoms with Gasteiger partial charge in [-0.1, -0.05) is 5.16 Å². The number of hydrogen-bond acceptors (Lipinski definition) is 4. The molecule has 1 aromatic carbocycles. The van der Waals surface area contributed by atoms with Crippen LogP contribution in [-0.4, -0.2) is 55.3 Å². The lowest BCUT2D eigenvalue weighted by molar-refractivity contribution is 0.370. The fourth-order valence-corrected chi connectivity index (χ4v) is 3.61. The van der Waals surface area contributed by atoms with E-state index >= 15 is 0 Å². The number of aryl methyl sites for hydroxylation is 2. The summed E-state index contributed by atoms with van der Waals surface area (Å²) < 4.78 is 32.7. The van der Waals surface area contributed by atoms with Crippen LogP contribution in [0, 0.1) is 25.5 Å². The Balaban J connectivity index is 1.56. The predicted molar refractivity (Wildman–Crippen MR) is 110 cm³/mol. The Labute approximate surface area is 170 Å². The molecule has 0 atom stereocenters. The maximum absolute atomic E-state index is 14.0. The van der Waals surface area contributed by atoms with Crippen LogP contribution in [0.5, 0.6) is 0 Å². The van der Waals surface area contributed by atoms with Crippen molar-refractivity contribution in [3.05, 3.63) is 46.9 Å². The highest BCUT2D eigenvalue weighted by Crippen LogP contribution is 2.22. The number of rotatable bonds is 6. The topological polar surface area (TPSA) is 56.9 Å². The van der Waals surface area contributed by atoms with Gasteiger partial charge in [-0.2, -0.15) is 0 Å². The number of aromatic nitrogens is 1. The molecule has 1 aliphatic heterocycles. The zero-order chi connectivity index (χ0) is 20.8. The number of halogens is 2. The Morgan fingerprint density at radius 3 is 2.62 bits per heavy atom. The van der Waals surface area contributed by atoms with Gasteiger partial charge in [0.15, 0.2) is 5.96 Å². The second kappa shape index (κ2) is 9.71. The molecule has 0 spiro atoms. The van der Waals surface area contributed by atoms with Crippen molar-refractivity contribution in [3.63, 3.8) is 0 Å². The average Bonchev–Trinajstić information content (AvgIpc) is 3.04. The van der Waals surface area contributed by atoms with Crippen molar-refractivity contribution in [1.29, 1.82) is 0 Å². The molecular weight excluding hydrogens is 376 g/mol. The Morgan fingerprint density at radius 1 is 1.21 bits per heavy atom. The lowest BCUT2D eigenvalue weighted by atomic mass is 10.1. The average molecular weight is 405 g/mol. The Hall–Kier alpha value is -2.64. The third-order valence-corrected chi connectivity index (χ3v) is 5.19. The minimum atomic E-state index is -0.419. The molecule has 0 unspecified atom stereocenters. The Bertz CT molecular complexity index is 824. The highest BCUT2D eigenvalue weighted by atomic mass is 19.1. The van der Waals surface area contributed by atoms with Crippen LogP contribution < -0.4 is 10.2 Å². The highest BCUT2D eigenvalue weighted by Gasteiger charge is 2.22. The molecule has 3 rings (SSSR count). The van der Waals surface area contributed by atoms with Crippen LogP contribution in [0.2, 0.25) is 0 Å². The van der Waals surface area contributed by atoms with E-state index in [1.165, 1.54) is 12.1 Å². The first-order chi connectivity index (χ1) is 14.0. The number of nitrogens with zero attached hydrogens (tertiary/aromatic N) is 4. The molecule has 0 radical (unpaired) electrons. The molecular formula is C21H29F2N5O. The van der Waals surface area contributed by atoms with Gasteiger partial charge in [0.05, 0.1) is 11.4 Å². The van der Waals surface area contributed by atoms with Gasteiger partial charge in [0.25, 0.3) is 0 Å². The number of aliphatic imine (C=N–C) groups is 1. The standard InChI is InChI=1S/C21H29F2N5O/c1-4-24-21(25-9-5-6-18-15(2)26-29-16(18)3)28-12-10-27(11-13-28)20-14-17(22)7-8-19(20)23/h7-8,14H,4-6,9-13H2,1-3H3,(H,24,25). The molecule has 1 saturated heterocycles. The fourth-order valence-electron chi connectivity index (χ4n) is 3.61. The minimum Gasteiger partial charge on any atom is -0.366 e. The van der Waals surface area contributed by atoms with Gasteiger partial charge >= 0.3 is 0 Å². The summed E-state index contributed by atoms with van der Waals surface area (Å²) in [6, 6.07) is 3.59. The summed E-state index contributed by atoms with van der Waals surface area (Å²) in [5, 5.41) is 7.33. The van der Waals surface area contributed by atoms with Gasteiger partial charge in [0, 0.05) is 50.9 Å². The number of nitrogens with one attached hydrogen (secondary N) is 1. The Kier molecular flexibility index (Phi) is 7.06. The van der Waals surface area contributed by atoms with Crippen molar-refractivity contribution in [2.24, 2.45) is 4.99 Å². The summed E-state index contributed by atoms with van der Waals surface area (Å²) in [4.78, 5) is 8.81. The van der Waals surface area contributed by atoms with E-state index in [2.05, 4.69) is 15.4 Å². The van der Waals surface area contributed by atoms with E-state index in [9.17, 15) is 8.78 Å². The third-order valence-electron chi connectivity index (χ3n) is 5.19. The van der Waals surface area contributed by atoms with Gasteiger partial charge in [0.1, 0.15) is 17.4 Å². The third kappa shape index (κ3) is 5.25. The van der Waals surface area contributed by atoms with Crippen molar-refractivity contribution < 1.29 is 13.3 Å². The SMILES string of the molecule is CCNC(=NCCCc1c(C)noc1C)N1CCN(c2cc(F)ccc2F)CC1. The van der Waals surface area contributed by atoms with E-state index in [1.807, 2.05) is 25.7 Å². The van der Waals surface area contributed by atoms with Gasteiger partial charge in [-0.25, -0.2) is 8.78 Å². The van der Waals surface area contributed by atoms with E-state index in [0.29, 0.717) is 38.4 Å². The van der Waals surface area contributed by atoms with Crippen LogP contribution in [0.25, 0.3) is 0 Å². The molecule has 0 saturated carbocycles. The maximum Gasteiger partial charge on any atom is 0.194 e. The lowest BCUT2D eigenvalue weighted by Gasteiger charge is -2.37. The first kappa shape index (κ1) is 21.1. The molecule has 0 amide bonds. The van der Waals surface area contributed by atoms with Crippen molar-refractivity contribution in [2.75, 3.05) is 44.2 Å². The van der Waals surface area contributed by atoms with Crippen LogP contribution in [0.1, 0.15) is 30.4 Å². The minimum absolute atomic E-state index is 0.325. The Morgan fingerprint density at radius 2 is 1.97 bits per heavy atom. The van der Waals surface area contributed by atoms with Gasteiger partial charge in [-0.05, 0) is 45.7 Å². The van der Waals surface area contributed by atoms with Gasteiger partial charge in [-0.3, -0.25) is 4.99 Å². The second-order valence-electron chi connectivity index (χ2n) is 7.21. The summed E-state index contributed by atoms with van der Waals surface area (Å²) in [7, 11) is 0.